The van der Waals surface area contributed by atoms with Crippen LogP contribution >= 0.6 is 0 Å². The number of nitrogens with one attached hydrogen (secondary N) is 1. The minimum atomic E-state index is -0.268. The maximum Gasteiger partial charge on any atom is 0.177 e. The van der Waals surface area contributed by atoms with E-state index in [9.17, 15) is 0 Å². The lowest BCUT2D eigenvalue weighted by molar-refractivity contribution is 0.474. The minimum Gasteiger partial charge on any atom is -0.314 e. The Labute approximate surface area is 72.8 Å². The fourth-order valence-electron chi connectivity index (χ4n) is 1.07. The van der Waals surface area contributed by atoms with Crippen molar-refractivity contribution in [2.24, 2.45) is 0 Å². The summed E-state index contributed by atoms with van der Waals surface area (Å²) in [6.07, 6.45) is 1.96. The third-order valence-electron chi connectivity index (χ3n) is 1.86. The van der Waals surface area contributed by atoms with E-state index >= 15 is 0 Å². The Morgan fingerprint density at radius 2 is 1.83 bits per heavy atom. The largest absolute Gasteiger partial charge is 0.314 e. The summed E-state index contributed by atoms with van der Waals surface area (Å²) in [5.41, 5.74) is 0.849. The molecule has 0 radical (unpaired) electrons. The Kier molecular flexibility index (Phi) is 2.35. The molecule has 0 heterocycles. The maximum atomic E-state index is 8.50. The molecule has 0 saturated heterocycles. The smallest absolute Gasteiger partial charge is 0.177 e. The zero-order valence-corrected chi connectivity index (χ0v) is 7.33. The van der Waals surface area contributed by atoms with Crippen LogP contribution in [-0.2, 0) is 5.54 Å². The molecule has 0 amide bonds. The highest BCUT2D eigenvalue weighted by Gasteiger charge is 2.18. The second-order valence-corrected chi connectivity index (χ2v) is 3.23. The van der Waals surface area contributed by atoms with Gasteiger partial charge in [-0.15, -0.1) is 0 Å². The lowest BCUT2D eigenvalue weighted by Gasteiger charge is -2.22. The van der Waals surface area contributed by atoms with Crippen molar-refractivity contribution in [1.82, 2.24) is 5.32 Å². The molecule has 62 valence electrons. The summed E-state index contributed by atoms with van der Waals surface area (Å²) in [7, 11) is 0. The number of rotatable bonds is 2. The van der Waals surface area contributed by atoms with Gasteiger partial charge in [0.15, 0.2) is 6.19 Å². The Morgan fingerprint density at radius 3 is 2.33 bits per heavy atom. The third kappa shape index (κ3) is 1.76. The van der Waals surface area contributed by atoms with Gasteiger partial charge in [0.2, 0.25) is 0 Å². The van der Waals surface area contributed by atoms with Crippen molar-refractivity contribution in [2.45, 2.75) is 19.4 Å². The molecule has 0 aliphatic rings. The molecule has 0 aliphatic carbocycles. The van der Waals surface area contributed by atoms with Crippen LogP contribution < -0.4 is 5.32 Å². The lowest BCUT2D eigenvalue weighted by Crippen LogP contribution is -2.32. The van der Waals surface area contributed by atoms with E-state index in [-0.39, 0.29) is 5.54 Å². The Balaban J connectivity index is 2.91. The average molecular weight is 160 g/mol. The Bertz CT molecular complexity index is 282. The second kappa shape index (κ2) is 3.27. The van der Waals surface area contributed by atoms with Gasteiger partial charge in [0.25, 0.3) is 0 Å². The molecular weight excluding hydrogens is 148 g/mol. The molecule has 0 fully saturated rings. The molecule has 0 bridgehead atoms. The van der Waals surface area contributed by atoms with Crippen LogP contribution in [0.5, 0.6) is 0 Å². The van der Waals surface area contributed by atoms with Crippen molar-refractivity contribution < 1.29 is 0 Å². The molecule has 0 aromatic heterocycles. The molecule has 2 heteroatoms. The topological polar surface area (TPSA) is 35.8 Å². The lowest BCUT2D eigenvalue weighted by atomic mass is 9.95. The molecular formula is C10H12N2. The molecule has 0 spiro atoms. The fourth-order valence-corrected chi connectivity index (χ4v) is 1.07. The predicted molar refractivity (Wildman–Crippen MR) is 48.2 cm³/mol. The van der Waals surface area contributed by atoms with Gasteiger partial charge >= 0.3 is 0 Å². The third-order valence-corrected chi connectivity index (χ3v) is 1.86. The first-order valence-corrected chi connectivity index (χ1v) is 3.88. The van der Waals surface area contributed by atoms with Crippen molar-refractivity contribution in [2.75, 3.05) is 0 Å². The first-order chi connectivity index (χ1) is 5.67. The highest BCUT2D eigenvalue weighted by molar-refractivity contribution is 5.23. The summed E-state index contributed by atoms with van der Waals surface area (Å²) in [5, 5.41) is 11.2. The van der Waals surface area contributed by atoms with Gasteiger partial charge < -0.3 is 5.32 Å². The van der Waals surface area contributed by atoms with E-state index in [1.54, 1.807) is 0 Å². The minimum absolute atomic E-state index is 0.268. The number of nitriles is 1. The zero-order chi connectivity index (χ0) is 9.03. The monoisotopic (exact) mass is 160 g/mol. The SMILES string of the molecule is CC(C)(NC#N)c1ccccc1. The van der Waals surface area contributed by atoms with E-state index in [2.05, 4.69) is 5.32 Å². The number of nitrogens with zero attached hydrogens (tertiary/aromatic N) is 1. The van der Waals surface area contributed by atoms with Crippen LogP contribution in [0, 0.1) is 11.5 Å². The van der Waals surface area contributed by atoms with Crippen LogP contribution in [0.1, 0.15) is 19.4 Å². The molecule has 1 N–H and O–H groups in total. The molecule has 2 nitrogen and oxygen atoms in total. The predicted octanol–water partition coefficient (Wildman–Crippen LogP) is 1.99. The van der Waals surface area contributed by atoms with E-state index in [1.165, 1.54) is 0 Å². The highest BCUT2D eigenvalue weighted by atomic mass is 14.9. The molecule has 0 saturated carbocycles. The fraction of sp³-hybridized carbons (Fsp3) is 0.300. The van der Waals surface area contributed by atoms with Crippen LogP contribution in [0.2, 0.25) is 0 Å². The van der Waals surface area contributed by atoms with Crippen molar-refractivity contribution in [3.63, 3.8) is 0 Å². The quantitative estimate of drug-likeness (QED) is 0.530. The summed E-state index contributed by atoms with van der Waals surface area (Å²) >= 11 is 0. The summed E-state index contributed by atoms with van der Waals surface area (Å²) in [5.74, 6) is 0. The van der Waals surface area contributed by atoms with E-state index < -0.39 is 0 Å². The van der Waals surface area contributed by atoms with Crippen LogP contribution in [0.25, 0.3) is 0 Å². The van der Waals surface area contributed by atoms with Crippen LogP contribution in [0.4, 0.5) is 0 Å². The van der Waals surface area contributed by atoms with Crippen LogP contribution in [0.3, 0.4) is 0 Å². The number of hydrogen-bond acceptors (Lipinski definition) is 2. The Morgan fingerprint density at radius 1 is 1.25 bits per heavy atom. The first-order valence-electron chi connectivity index (χ1n) is 3.88. The molecule has 12 heavy (non-hydrogen) atoms. The second-order valence-electron chi connectivity index (χ2n) is 3.23. The summed E-state index contributed by atoms with van der Waals surface area (Å²) in [4.78, 5) is 0. The van der Waals surface area contributed by atoms with Gasteiger partial charge in [-0.2, -0.15) is 5.26 Å². The maximum absolute atomic E-state index is 8.50. The van der Waals surface area contributed by atoms with E-state index in [0.717, 1.165) is 5.56 Å². The van der Waals surface area contributed by atoms with Gasteiger partial charge in [-0.05, 0) is 19.4 Å². The van der Waals surface area contributed by atoms with Crippen molar-refractivity contribution in [1.29, 1.82) is 5.26 Å². The van der Waals surface area contributed by atoms with Crippen LogP contribution in [0.15, 0.2) is 30.3 Å². The van der Waals surface area contributed by atoms with Gasteiger partial charge in [0.05, 0.1) is 5.54 Å². The number of hydrogen-bond donors (Lipinski definition) is 1. The highest BCUT2D eigenvalue weighted by Crippen LogP contribution is 2.18. The van der Waals surface area contributed by atoms with E-state index in [1.807, 2.05) is 50.4 Å². The average Bonchev–Trinajstić information content (AvgIpc) is 2.06. The molecule has 0 atom stereocenters. The zero-order valence-electron chi connectivity index (χ0n) is 7.33. The summed E-state index contributed by atoms with van der Waals surface area (Å²) < 4.78 is 0. The molecule has 0 aliphatic heterocycles. The first kappa shape index (κ1) is 8.61. The van der Waals surface area contributed by atoms with Crippen molar-refractivity contribution in [3.8, 4) is 6.19 Å². The van der Waals surface area contributed by atoms with Gasteiger partial charge in [0.1, 0.15) is 0 Å². The normalized spacial score (nSPS) is 10.4. The van der Waals surface area contributed by atoms with Crippen LogP contribution in [-0.4, -0.2) is 0 Å². The van der Waals surface area contributed by atoms with Gasteiger partial charge in [0, 0.05) is 0 Å². The molecule has 1 aromatic carbocycles. The van der Waals surface area contributed by atoms with Crippen molar-refractivity contribution in [3.05, 3.63) is 35.9 Å². The van der Waals surface area contributed by atoms with Crippen molar-refractivity contribution >= 4 is 0 Å². The summed E-state index contributed by atoms with van der Waals surface area (Å²) in [6.45, 7) is 3.96. The molecule has 1 rings (SSSR count). The molecule has 1 aromatic rings. The summed E-state index contributed by atoms with van der Waals surface area (Å²) in [6, 6.07) is 9.91. The Hall–Kier alpha value is -1.49. The standard InChI is InChI=1S/C10H12N2/c1-10(2,12-8-11)9-6-4-3-5-7-9/h3-7,12H,1-2H3. The molecule has 0 unspecified atom stereocenters. The van der Waals surface area contributed by atoms with E-state index in [4.69, 9.17) is 5.26 Å². The van der Waals surface area contributed by atoms with Gasteiger partial charge in [-0.3, -0.25) is 0 Å². The number of benzene rings is 1. The van der Waals surface area contributed by atoms with E-state index in [0.29, 0.717) is 0 Å². The van der Waals surface area contributed by atoms with Gasteiger partial charge in [-0.25, -0.2) is 0 Å². The van der Waals surface area contributed by atoms with Gasteiger partial charge in [-0.1, -0.05) is 30.3 Å².